The van der Waals surface area contributed by atoms with Crippen molar-refractivity contribution in [2.75, 3.05) is 52.4 Å². The van der Waals surface area contributed by atoms with Crippen LogP contribution in [0.25, 0.3) is 22.3 Å². The van der Waals surface area contributed by atoms with Crippen molar-refractivity contribution in [3.63, 3.8) is 0 Å². The van der Waals surface area contributed by atoms with E-state index >= 15 is 0 Å². The summed E-state index contributed by atoms with van der Waals surface area (Å²) in [7, 11) is 0. The van der Waals surface area contributed by atoms with Crippen LogP contribution in [-0.4, -0.2) is 135 Å². The number of nitrogens with zero attached hydrogens (tertiary/aromatic N) is 6. The highest BCUT2D eigenvalue weighted by Crippen LogP contribution is 2.31. The van der Waals surface area contributed by atoms with Crippen molar-refractivity contribution in [1.29, 1.82) is 0 Å². The third-order valence-corrected chi connectivity index (χ3v) is 14.7. The maximum Gasteiger partial charge on any atom is 0.326 e. The largest absolute Gasteiger partial charge is 0.480 e. The summed E-state index contributed by atoms with van der Waals surface area (Å²) >= 11 is 0. The second kappa shape index (κ2) is 27.1. The third kappa shape index (κ3) is 17.8. The Morgan fingerprint density at radius 1 is 0.519 bits per heavy atom. The van der Waals surface area contributed by atoms with Gasteiger partial charge >= 0.3 is 5.97 Å². The molecule has 2 aromatic carbocycles. The first kappa shape index (κ1) is 58.7. The molecular formula is C63H88N8O6. The Bertz CT molecular complexity index is 2600. The molecule has 0 spiro atoms. The minimum Gasteiger partial charge on any atom is -0.480 e. The van der Waals surface area contributed by atoms with Gasteiger partial charge in [0.05, 0.1) is 0 Å². The average molecular weight is 1050 g/mol. The van der Waals surface area contributed by atoms with Crippen LogP contribution >= 0.6 is 0 Å². The van der Waals surface area contributed by atoms with Crippen LogP contribution in [0.1, 0.15) is 186 Å². The monoisotopic (exact) mass is 1050 g/mol. The SMILES string of the molecule is CC(C)(C)C.CC(C)(C)C.O=C(NCc1cccc(-c2ccccc2)c1)c1cc(-c2cc(C(=O)N[C@H](C(=O)O)C3CCCCC3)nc(C(=O)N3CCC[C@H]3CN3CCCC3)c2)cc(C(=O)N2CCC[C@H]2CN2CCCC2)n1. The number of pyridine rings is 2. The number of nitrogens with one attached hydrogen (secondary N) is 2. The molecule has 5 aliphatic rings. The van der Waals surface area contributed by atoms with Gasteiger partial charge < -0.3 is 35.3 Å². The van der Waals surface area contributed by atoms with E-state index in [1.807, 2.05) is 64.4 Å². The number of aromatic nitrogens is 2. The summed E-state index contributed by atoms with van der Waals surface area (Å²) < 4.78 is 0. The average Bonchev–Trinajstić information content (AvgIpc) is 4.28. The van der Waals surface area contributed by atoms with Crippen LogP contribution in [0.4, 0.5) is 0 Å². The van der Waals surface area contributed by atoms with E-state index in [1.165, 1.54) is 6.07 Å². The second-order valence-electron chi connectivity index (χ2n) is 25.3. The number of carbonyl (C=O) groups excluding carboxylic acids is 4. The maximum absolute atomic E-state index is 14.7. The minimum atomic E-state index is -1.12. The van der Waals surface area contributed by atoms with Crippen LogP contribution in [0.5, 0.6) is 0 Å². The van der Waals surface area contributed by atoms with Crippen molar-refractivity contribution in [3.8, 4) is 22.3 Å². The Labute approximate surface area is 459 Å². The molecule has 4 saturated heterocycles. The van der Waals surface area contributed by atoms with Gasteiger partial charge in [0.2, 0.25) is 0 Å². The molecule has 9 rings (SSSR count). The Kier molecular flexibility index (Phi) is 20.6. The van der Waals surface area contributed by atoms with Crippen LogP contribution in [0.2, 0.25) is 0 Å². The number of benzene rings is 2. The van der Waals surface area contributed by atoms with Crippen LogP contribution < -0.4 is 10.6 Å². The van der Waals surface area contributed by atoms with Crippen LogP contribution in [0.15, 0.2) is 78.9 Å². The van der Waals surface area contributed by atoms with Gasteiger partial charge in [-0.15, -0.1) is 0 Å². The summed E-state index contributed by atoms with van der Waals surface area (Å²) in [6, 6.07) is 23.2. The fraction of sp³-hybridized carbons (Fsp3) is 0.571. The number of aliphatic carboxylic acids is 1. The molecule has 0 bridgehead atoms. The number of carboxylic acid groups (broad SMARTS) is 1. The van der Waals surface area contributed by atoms with Crippen molar-refractivity contribution in [2.45, 2.75) is 164 Å². The lowest BCUT2D eigenvalue weighted by Gasteiger charge is -2.29. The summed E-state index contributed by atoms with van der Waals surface area (Å²) in [5.74, 6) is -3.13. The molecule has 14 heteroatoms. The predicted molar refractivity (Wildman–Crippen MR) is 306 cm³/mol. The number of amides is 4. The molecule has 6 heterocycles. The predicted octanol–water partition coefficient (Wildman–Crippen LogP) is 11.0. The minimum absolute atomic E-state index is 0.00554. The number of rotatable bonds is 15. The number of carboxylic acids is 1. The van der Waals surface area contributed by atoms with E-state index in [4.69, 9.17) is 4.98 Å². The molecule has 3 N–H and O–H groups in total. The zero-order valence-corrected chi connectivity index (χ0v) is 47.5. The quantitative estimate of drug-likeness (QED) is 0.104. The Morgan fingerprint density at radius 2 is 0.974 bits per heavy atom. The Hall–Kier alpha value is -5.99. The van der Waals surface area contributed by atoms with E-state index in [0.717, 1.165) is 127 Å². The fourth-order valence-corrected chi connectivity index (χ4v) is 11.1. The third-order valence-electron chi connectivity index (χ3n) is 14.7. The highest BCUT2D eigenvalue weighted by molar-refractivity contribution is 6.01. The molecule has 4 aliphatic heterocycles. The Balaban J connectivity index is 0.000000790. The Morgan fingerprint density at radius 3 is 1.45 bits per heavy atom. The molecule has 0 unspecified atom stereocenters. The standard InChI is InChI=1S/C53H64N8O6.2C5H12/c62-49(54-33-36-14-11-19-39(28-36)37-15-3-1-4-16-37)44-29-40(31-46(55-44)51(64)60-26-12-20-42(60)34-58-22-7-8-23-58)41-30-45(50(63)57-48(53(66)67)38-17-5-2-6-18-38)56-47(32-41)52(65)61-27-13-21-43(61)35-59-24-9-10-25-59;2*1-5(2,3)4/h1,3-4,11,14-16,19,28-32,38,42-43,48H,2,5-10,12-13,17-18,20-27,33-35H2,(H,54,62)(H,57,63)(H,66,67);2*1-4H3/t42-,43-,48-;;/m0../s1. The van der Waals surface area contributed by atoms with E-state index < -0.39 is 23.8 Å². The van der Waals surface area contributed by atoms with Crippen LogP contribution in [-0.2, 0) is 11.3 Å². The summed E-state index contributed by atoms with van der Waals surface area (Å²) in [6.07, 6.45) is 12.2. The van der Waals surface area contributed by atoms with Crippen LogP contribution in [0, 0.1) is 16.7 Å². The zero-order chi connectivity index (χ0) is 55.3. The van der Waals surface area contributed by atoms with E-state index in [0.29, 0.717) is 47.9 Å². The maximum atomic E-state index is 14.7. The van der Waals surface area contributed by atoms with Crippen molar-refractivity contribution >= 4 is 29.6 Å². The van der Waals surface area contributed by atoms with Gasteiger partial charge in [-0.3, -0.25) is 19.2 Å². The second-order valence-corrected chi connectivity index (χ2v) is 25.3. The molecule has 1 saturated carbocycles. The highest BCUT2D eigenvalue weighted by Gasteiger charge is 2.36. The summed E-state index contributed by atoms with van der Waals surface area (Å²) in [4.78, 5) is 88.6. The van der Waals surface area contributed by atoms with Crippen molar-refractivity contribution < 1.29 is 29.1 Å². The first-order valence-corrected chi connectivity index (χ1v) is 28.7. The molecule has 4 aromatic rings. The van der Waals surface area contributed by atoms with Gasteiger partial charge in [-0.05, 0) is 165 Å². The molecule has 0 radical (unpaired) electrons. The molecular weight excluding hydrogens is 965 g/mol. The van der Waals surface area contributed by atoms with E-state index in [1.54, 1.807) is 18.2 Å². The lowest BCUT2D eigenvalue weighted by Crippen LogP contribution is -2.47. The van der Waals surface area contributed by atoms with Gasteiger partial charge in [0.25, 0.3) is 23.6 Å². The van der Waals surface area contributed by atoms with Crippen molar-refractivity contribution in [3.05, 3.63) is 107 Å². The lowest BCUT2D eigenvalue weighted by molar-refractivity contribution is -0.141. The zero-order valence-electron chi connectivity index (χ0n) is 47.5. The molecule has 416 valence electrons. The van der Waals surface area contributed by atoms with E-state index in [2.05, 4.69) is 80.8 Å². The van der Waals surface area contributed by atoms with Crippen molar-refractivity contribution in [2.24, 2.45) is 16.7 Å². The van der Waals surface area contributed by atoms with E-state index in [9.17, 15) is 29.1 Å². The smallest absolute Gasteiger partial charge is 0.326 e. The number of carbonyl (C=O) groups is 5. The molecule has 4 amide bonds. The van der Waals surface area contributed by atoms with E-state index in [-0.39, 0.29) is 59.1 Å². The van der Waals surface area contributed by atoms with Gasteiger partial charge in [0.15, 0.2) is 0 Å². The highest BCUT2D eigenvalue weighted by atomic mass is 16.4. The fourth-order valence-electron chi connectivity index (χ4n) is 11.1. The van der Waals surface area contributed by atoms with Gasteiger partial charge in [-0.25, -0.2) is 14.8 Å². The van der Waals surface area contributed by atoms with Gasteiger partial charge in [0.1, 0.15) is 28.8 Å². The molecule has 2 aromatic heterocycles. The molecule has 77 heavy (non-hydrogen) atoms. The first-order valence-electron chi connectivity index (χ1n) is 28.7. The van der Waals surface area contributed by atoms with Crippen molar-refractivity contribution in [1.82, 2.24) is 40.2 Å². The summed E-state index contributed by atoms with van der Waals surface area (Å²) in [5.41, 5.74) is 4.78. The molecule has 3 atom stereocenters. The van der Waals surface area contributed by atoms with Gasteiger partial charge in [-0.2, -0.15) is 0 Å². The first-order chi connectivity index (χ1) is 36.7. The summed E-state index contributed by atoms with van der Waals surface area (Å²) in [5, 5.41) is 16.1. The lowest BCUT2D eigenvalue weighted by atomic mass is 9.84. The number of hydrogen-bond donors (Lipinski definition) is 3. The molecule has 1 aliphatic carbocycles. The topological polar surface area (TPSA) is 168 Å². The van der Waals surface area contributed by atoms with Crippen LogP contribution in [0.3, 0.4) is 0 Å². The number of hydrogen-bond acceptors (Lipinski definition) is 9. The molecule has 5 fully saturated rings. The van der Waals surface area contributed by atoms with Gasteiger partial charge in [-0.1, -0.05) is 123 Å². The van der Waals surface area contributed by atoms with Gasteiger partial charge in [0, 0.05) is 44.8 Å². The molecule has 14 nitrogen and oxygen atoms in total. The summed E-state index contributed by atoms with van der Waals surface area (Å²) in [6.45, 7) is 24.4. The number of likely N-dealkylation sites (tertiary alicyclic amines) is 4. The normalized spacial score (nSPS) is 19.7.